The molecule has 2 heterocycles. The van der Waals surface area contributed by atoms with E-state index < -0.39 is 6.04 Å². The fraction of sp³-hybridized carbons (Fsp3) is 0.318. The molecule has 1 aromatic heterocycles. The highest BCUT2D eigenvalue weighted by atomic mass is 32.1. The molecule has 1 aliphatic rings. The summed E-state index contributed by atoms with van der Waals surface area (Å²) in [5, 5.41) is 18.2. The number of benzene rings is 1. The van der Waals surface area contributed by atoms with Crippen LogP contribution in [0, 0.1) is 19.3 Å². The van der Waals surface area contributed by atoms with Crippen molar-refractivity contribution in [1.82, 2.24) is 5.32 Å². The Balaban J connectivity index is 1.65. The molecule has 1 aliphatic heterocycles. The summed E-state index contributed by atoms with van der Waals surface area (Å²) in [5.74, 6) is 2.33. The van der Waals surface area contributed by atoms with E-state index in [1.165, 1.54) is 11.3 Å². The molecule has 0 spiro atoms. The predicted molar refractivity (Wildman–Crippen MR) is 121 cm³/mol. The van der Waals surface area contributed by atoms with Crippen LogP contribution in [-0.2, 0) is 9.53 Å². The zero-order valence-electron chi connectivity index (χ0n) is 17.3. The number of thiophene rings is 1. The van der Waals surface area contributed by atoms with Crippen LogP contribution in [0.15, 0.2) is 35.5 Å². The molecule has 1 atom stereocenters. The van der Waals surface area contributed by atoms with Gasteiger partial charge in [0.25, 0.3) is 5.91 Å². The van der Waals surface area contributed by atoms with Crippen LogP contribution in [0.3, 0.4) is 0 Å². The molecule has 2 aromatic rings. The van der Waals surface area contributed by atoms with Crippen molar-refractivity contribution in [3.05, 3.63) is 45.6 Å². The third-order valence-electron chi connectivity index (χ3n) is 4.82. The second kappa shape index (κ2) is 10.1. The Kier molecular flexibility index (Phi) is 7.28. The van der Waals surface area contributed by atoms with E-state index in [0.717, 1.165) is 11.3 Å². The number of aryl methyl sites for hydroxylation is 1. The van der Waals surface area contributed by atoms with Crippen molar-refractivity contribution in [3.8, 4) is 12.3 Å². The number of hydrogen-bond acceptors (Lipinski definition) is 6. The fourth-order valence-electron chi connectivity index (χ4n) is 3.21. The Bertz CT molecular complexity index is 1040. The summed E-state index contributed by atoms with van der Waals surface area (Å²) in [7, 11) is 0. The van der Waals surface area contributed by atoms with E-state index in [9.17, 15) is 14.8 Å². The van der Waals surface area contributed by atoms with Gasteiger partial charge in [0.2, 0.25) is 5.91 Å². The van der Waals surface area contributed by atoms with Crippen LogP contribution >= 0.6 is 11.3 Å². The summed E-state index contributed by atoms with van der Waals surface area (Å²) in [6, 6.07) is 8.06. The van der Waals surface area contributed by atoms with Gasteiger partial charge < -0.3 is 25.5 Å². The molecule has 162 valence electrons. The molecule has 9 heteroatoms. The summed E-state index contributed by atoms with van der Waals surface area (Å²) in [5.41, 5.74) is 2.38. The second-order valence-electron chi connectivity index (χ2n) is 7.02. The van der Waals surface area contributed by atoms with Crippen molar-refractivity contribution in [1.29, 1.82) is 0 Å². The average Bonchev–Trinajstić information content (AvgIpc) is 3.12. The molecule has 1 saturated heterocycles. The van der Waals surface area contributed by atoms with Crippen LogP contribution < -0.4 is 15.5 Å². The number of carbonyl (C=O) groups excluding carboxylic acids is 2. The summed E-state index contributed by atoms with van der Waals surface area (Å²) in [6.07, 6.45) is 5.84. The van der Waals surface area contributed by atoms with Gasteiger partial charge in [-0.1, -0.05) is 11.1 Å². The van der Waals surface area contributed by atoms with Gasteiger partial charge in [0.15, 0.2) is 5.84 Å². The van der Waals surface area contributed by atoms with Gasteiger partial charge in [-0.3, -0.25) is 9.59 Å². The maximum Gasteiger partial charge on any atom is 0.262 e. The van der Waals surface area contributed by atoms with E-state index in [1.807, 2.05) is 24.0 Å². The van der Waals surface area contributed by atoms with Gasteiger partial charge >= 0.3 is 0 Å². The number of nitrogens with zero attached hydrogens (tertiary/aromatic N) is 2. The average molecular weight is 441 g/mol. The summed E-state index contributed by atoms with van der Waals surface area (Å²) >= 11 is 1.20. The number of nitrogens with one attached hydrogen (secondary N) is 2. The smallest absolute Gasteiger partial charge is 0.262 e. The fourth-order valence-corrected chi connectivity index (χ4v) is 3.93. The van der Waals surface area contributed by atoms with Crippen LogP contribution in [0.5, 0.6) is 0 Å². The second-order valence-corrected chi connectivity index (χ2v) is 8.11. The van der Waals surface area contributed by atoms with Gasteiger partial charge in [-0.05, 0) is 49.7 Å². The van der Waals surface area contributed by atoms with Gasteiger partial charge in [-0.2, -0.15) is 0 Å². The Labute approximate surface area is 184 Å². The van der Waals surface area contributed by atoms with E-state index in [2.05, 4.69) is 21.7 Å². The molecule has 3 N–H and O–H groups in total. The van der Waals surface area contributed by atoms with Gasteiger partial charge in [-0.25, -0.2) is 0 Å². The first-order valence-corrected chi connectivity index (χ1v) is 10.6. The number of anilines is 2. The highest BCUT2D eigenvalue weighted by Crippen LogP contribution is 2.25. The van der Waals surface area contributed by atoms with Gasteiger partial charge in [-0.15, -0.1) is 17.8 Å². The molecule has 1 fully saturated rings. The molecule has 0 saturated carbocycles. The van der Waals surface area contributed by atoms with Gasteiger partial charge in [0, 0.05) is 24.3 Å². The largest absolute Gasteiger partial charge is 0.409 e. The molecule has 0 aliphatic carbocycles. The Hall–Kier alpha value is -3.35. The van der Waals surface area contributed by atoms with Crippen LogP contribution in [0.25, 0.3) is 0 Å². The first kappa shape index (κ1) is 22.3. The van der Waals surface area contributed by atoms with Crippen molar-refractivity contribution in [2.45, 2.75) is 26.3 Å². The number of ether oxygens (including phenoxy) is 1. The van der Waals surface area contributed by atoms with Gasteiger partial charge in [0.1, 0.15) is 6.04 Å². The highest BCUT2D eigenvalue weighted by molar-refractivity contribution is 7.14. The quantitative estimate of drug-likeness (QED) is 0.377. The third kappa shape index (κ3) is 5.42. The molecule has 3 rings (SSSR count). The maximum atomic E-state index is 12.5. The minimum absolute atomic E-state index is 0.338. The van der Waals surface area contributed by atoms with Crippen LogP contribution in [-0.4, -0.2) is 48.7 Å². The Morgan fingerprint density at radius 2 is 2.13 bits per heavy atom. The van der Waals surface area contributed by atoms with Crippen molar-refractivity contribution >= 4 is 40.4 Å². The zero-order chi connectivity index (χ0) is 22.4. The first-order valence-electron chi connectivity index (χ1n) is 9.78. The molecule has 31 heavy (non-hydrogen) atoms. The lowest BCUT2D eigenvalue weighted by atomic mass is 10.1. The van der Waals surface area contributed by atoms with Crippen molar-refractivity contribution in [3.63, 3.8) is 0 Å². The highest BCUT2D eigenvalue weighted by Gasteiger charge is 2.21. The van der Waals surface area contributed by atoms with E-state index in [1.54, 1.807) is 25.1 Å². The molecule has 0 bridgehead atoms. The van der Waals surface area contributed by atoms with Gasteiger partial charge in [0.05, 0.1) is 23.0 Å². The van der Waals surface area contributed by atoms with Crippen LogP contribution in [0.2, 0.25) is 0 Å². The van der Waals surface area contributed by atoms with E-state index in [4.69, 9.17) is 11.2 Å². The summed E-state index contributed by atoms with van der Waals surface area (Å²) in [6.45, 7) is 5.13. The normalized spacial score (nSPS) is 16.3. The lowest BCUT2D eigenvalue weighted by Gasteiger charge is -2.25. The number of carbonyl (C=O) groups is 2. The molecule has 1 aromatic carbocycles. The van der Waals surface area contributed by atoms with Crippen LogP contribution in [0.1, 0.15) is 33.5 Å². The molecule has 0 radical (unpaired) electrons. The molecular formula is C22H24N4O4S. The Morgan fingerprint density at radius 3 is 2.81 bits per heavy atom. The number of hydrogen-bond donors (Lipinski definition) is 3. The molecule has 8 nitrogen and oxygen atoms in total. The maximum absolute atomic E-state index is 12.5. The molecule has 1 unspecified atom stereocenters. The summed E-state index contributed by atoms with van der Waals surface area (Å²) in [4.78, 5) is 27.9. The van der Waals surface area contributed by atoms with E-state index >= 15 is 0 Å². The number of terminal acetylenes is 1. The standard InChI is InChI=1S/C22H24N4O4S/c1-4-17-6-8-19(31-17)22(28)23-15(3)21(27)24-16-5-7-18(14(2)13-16)26-10-12-30-11-9-20(26)25-29/h1,5-8,13,15,29H,9-12H2,2-3H3,(H,23,28)(H,24,27). The minimum atomic E-state index is -0.736. The van der Waals surface area contributed by atoms with E-state index in [-0.39, 0.29) is 11.8 Å². The number of amidine groups is 1. The number of oxime groups is 1. The van der Waals surface area contributed by atoms with E-state index in [0.29, 0.717) is 47.5 Å². The SMILES string of the molecule is C#Cc1ccc(C(=O)NC(C)C(=O)Nc2ccc(N3CCOCCC3=NO)c(C)c2)s1. The third-order valence-corrected chi connectivity index (χ3v) is 5.84. The van der Waals surface area contributed by atoms with Crippen molar-refractivity contribution in [2.75, 3.05) is 30.0 Å². The lowest BCUT2D eigenvalue weighted by Crippen LogP contribution is -2.41. The summed E-state index contributed by atoms with van der Waals surface area (Å²) < 4.78 is 5.46. The molecular weight excluding hydrogens is 416 g/mol. The van der Waals surface area contributed by atoms with Crippen molar-refractivity contribution < 1.29 is 19.5 Å². The molecule has 2 amide bonds. The number of amides is 2. The topological polar surface area (TPSA) is 103 Å². The minimum Gasteiger partial charge on any atom is -0.409 e. The van der Waals surface area contributed by atoms with Crippen molar-refractivity contribution in [2.24, 2.45) is 5.16 Å². The van der Waals surface area contributed by atoms with Crippen LogP contribution in [0.4, 0.5) is 11.4 Å². The predicted octanol–water partition coefficient (Wildman–Crippen LogP) is 2.81. The lowest BCUT2D eigenvalue weighted by molar-refractivity contribution is -0.117. The monoisotopic (exact) mass is 440 g/mol. The zero-order valence-corrected chi connectivity index (χ0v) is 18.2. The number of rotatable bonds is 5. The first-order chi connectivity index (χ1) is 14.9. The Morgan fingerprint density at radius 1 is 1.32 bits per heavy atom.